The van der Waals surface area contributed by atoms with Crippen LogP contribution in [0.5, 0.6) is 0 Å². The summed E-state index contributed by atoms with van der Waals surface area (Å²) >= 11 is 0. The number of nitrogens with two attached hydrogens (primary N) is 1. The third kappa shape index (κ3) is 4.29. The van der Waals surface area contributed by atoms with E-state index in [4.69, 9.17) is 15.0 Å². The van der Waals surface area contributed by atoms with E-state index in [1.807, 2.05) is 0 Å². The van der Waals surface area contributed by atoms with Crippen molar-refractivity contribution in [3.63, 3.8) is 0 Å². The number of anilines is 3. The summed E-state index contributed by atoms with van der Waals surface area (Å²) in [6.07, 6.45) is -5.57. The van der Waals surface area contributed by atoms with Gasteiger partial charge in [-0.1, -0.05) is 5.16 Å². The number of carbonyl (C=O) groups is 2. The molecule has 3 aromatic heterocycles. The van der Waals surface area contributed by atoms with Crippen molar-refractivity contribution in [1.82, 2.24) is 15.1 Å². The number of ether oxygens (including phenoxy) is 1. The molecule has 0 aliphatic carbocycles. The molecule has 0 spiro atoms. The zero-order valence-corrected chi connectivity index (χ0v) is 19.1. The van der Waals surface area contributed by atoms with Gasteiger partial charge in [-0.15, -0.1) is 0 Å². The summed E-state index contributed by atoms with van der Waals surface area (Å²) in [5.74, 6) is -1.39. The molecule has 1 aromatic carbocycles. The molecule has 4 aromatic rings. The van der Waals surface area contributed by atoms with Crippen LogP contribution in [-0.2, 0) is 20.5 Å². The number of nitrogen functional groups attached to an aromatic ring is 1. The van der Waals surface area contributed by atoms with Crippen LogP contribution in [0.3, 0.4) is 0 Å². The molecule has 1 fully saturated rings. The molecule has 1 aliphatic heterocycles. The van der Waals surface area contributed by atoms with Gasteiger partial charge in [-0.05, 0) is 37.3 Å². The summed E-state index contributed by atoms with van der Waals surface area (Å²) in [6.45, 7) is 1.27. The van der Waals surface area contributed by atoms with Crippen molar-refractivity contribution in [2.45, 2.75) is 24.8 Å². The van der Waals surface area contributed by atoms with E-state index < -0.39 is 35.4 Å². The lowest BCUT2D eigenvalue weighted by molar-refractivity contribution is -0.170. The number of nitrogens with one attached hydrogen (secondary N) is 1. The lowest BCUT2D eigenvalue weighted by Gasteiger charge is -2.40. The number of benzene rings is 1. The number of morpholine rings is 1. The van der Waals surface area contributed by atoms with Gasteiger partial charge in [-0.2, -0.15) is 13.2 Å². The van der Waals surface area contributed by atoms with E-state index >= 15 is 0 Å². The van der Waals surface area contributed by atoms with Crippen molar-refractivity contribution in [2.75, 3.05) is 29.1 Å². The van der Waals surface area contributed by atoms with E-state index in [1.165, 1.54) is 36.1 Å². The van der Waals surface area contributed by atoms with Gasteiger partial charge in [-0.25, -0.2) is 9.97 Å². The van der Waals surface area contributed by atoms with E-state index in [0.29, 0.717) is 11.0 Å². The van der Waals surface area contributed by atoms with E-state index in [-0.39, 0.29) is 41.4 Å². The first-order chi connectivity index (χ1) is 17.5. The number of fused-ring (bicyclic) bond motifs is 2. The lowest BCUT2D eigenvalue weighted by atomic mass is 9.94. The standard InChI is InChI=1S/C23H19F3N6O5/c1-22(18(33)20(34)29-12-3-4-13-15(9-12)37-31-19(13)27)21(35)32(6-7-36-22)17-5-2-11-8-16(23(24,25)26)28-10-14(11)30-17/h2-5,8-10,18,33H,6-7H2,1H3,(H2,27,31)(H,29,34)/t18-,22+/m0/s1. The number of carbonyl (C=O) groups excluding carboxylic acids is 2. The molecule has 0 saturated carbocycles. The Morgan fingerprint density at radius 3 is 2.81 bits per heavy atom. The Hall–Kier alpha value is -4.30. The third-order valence-corrected chi connectivity index (χ3v) is 6.05. The van der Waals surface area contributed by atoms with Gasteiger partial charge in [0.05, 0.1) is 30.3 Å². The number of nitrogens with zero attached hydrogens (tertiary/aromatic N) is 4. The lowest BCUT2D eigenvalue weighted by Crippen LogP contribution is -2.63. The smallest absolute Gasteiger partial charge is 0.380 e. The van der Waals surface area contributed by atoms with Gasteiger partial charge in [0.2, 0.25) is 0 Å². The molecular formula is C23H19F3N6O5. The second-order valence-electron chi connectivity index (χ2n) is 8.51. The van der Waals surface area contributed by atoms with Crippen LogP contribution in [0, 0.1) is 0 Å². The molecule has 0 bridgehead atoms. The fourth-order valence-electron chi connectivity index (χ4n) is 4.01. The Labute approximate surface area is 206 Å². The molecule has 5 rings (SSSR count). The van der Waals surface area contributed by atoms with Crippen LogP contribution in [0.25, 0.3) is 21.9 Å². The minimum atomic E-state index is -4.61. The molecule has 4 N–H and O–H groups in total. The van der Waals surface area contributed by atoms with Crippen molar-refractivity contribution in [3.8, 4) is 0 Å². The Balaban J connectivity index is 1.37. The van der Waals surface area contributed by atoms with Gasteiger partial charge in [0.25, 0.3) is 11.8 Å². The van der Waals surface area contributed by atoms with Crippen molar-refractivity contribution >= 4 is 51.0 Å². The Morgan fingerprint density at radius 2 is 2.05 bits per heavy atom. The summed E-state index contributed by atoms with van der Waals surface area (Å²) in [5, 5.41) is 17.7. The first kappa shape index (κ1) is 24.4. The summed E-state index contributed by atoms with van der Waals surface area (Å²) in [6, 6.07) is 8.17. The zero-order valence-electron chi connectivity index (χ0n) is 19.1. The summed E-state index contributed by atoms with van der Waals surface area (Å²) in [4.78, 5) is 35.0. The molecule has 14 heteroatoms. The SMILES string of the molecule is C[C@]1([C@@H](O)C(=O)Nc2ccc3c(N)noc3c2)OCCN(c2ccc3cc(C(F)(F)F)ncc3n2)C1=O. The number of hydrogen-bond acceptors (Lipinski definition) is 9. The van der Waals surface area contributed by atoms with Crippen molar-refractivity contribution in [2.24, 2.45) is 0 Å². The highest BCUT2D eigenvalue weighted by atomic mass is 19.4. The van der Waals surface area contributed by atoms with Gasteiger partial charge in [-0.3, -0.25) is 14.5 Å². The van der Waals surface area contributed by atoms with Crippen molar-refractivity contribution in [3.05, 3.63) is 48.3 Å². The number of hydrogen-bond donors (Lipinski definition) is 3. The number of aromatic nitrogens is 3. The number of alkyl halides is 3. The second-order valence-corrected chi connectivity index (χ2v) is 8.51. The zero-order chi connectivity index (χ0) is 26.5. The summed E-state index contributed by atoms with van der Waals surface area (Å²) in [7, 11) is 0. The average Bonchev–Trinajstić information content (AvgIpc) is 3.23. The molecule has 11 nitrogen and oxygen atoms in total. The van der Waals surface area contributed by atoms with Crippen LogP contribution in [0.4, 0.5) is 30.5 Å². The topological polar surface area (TPSA) is 157 Å². The number of aliphatic hydroxyl groups is 1. The van der Waals surface area contributed by atoms with E-state index in [1.54, 1.807) is 6.07 Å². The molecule has 0 unspecified atom stereocenters. The first-order valence-electron chi connectivity index (χ1n) is 10.9. The monoisotopic (exact) mass is 516 g/mol. The van der Waals surface area contributed by atoms with Crippen LogP contribution in [0.2, 0.25) is 0 Å². The minimum absolute atomic E-state index is 0.0406. The highest BCUT2D eigenvalue weighted by molar-refractivity contribution is 6.06. The van der Waals surface area contributed by atoms with Gasteiger partial charge < -0.3 is 25.4 Å². The number of pyridine rings is 2. The maximum absolute atomic E-state index is 13.4. The molecule has 192 valence electrons. The highest BCUT2D eigenvalue weighted by Crippen LogP contribution is 2.32. The Morgan fingerprint density at radius 1 is 1.27 bits per heavy atom. The Kier molecular flexibility index (Phi) is 5.72. The quantitative estimate of drug-likeness (QED) is 0.371. The van der Waals surface area contributed by atoms with E-state index in [2.05, 4.69) is 20.4 Å². The molecule has 0 radical (unpaired) electrons. The van der Waals surface area contributed by atoms with Crippen molar-refractivity contribution < 1.29 is 37.1 Å². The number of amides is 2. The van der Waals surface area contributed by atoms with Crippen LogP contribution >= 0.6 is 0 Å². The summed E-state index contributed by atoms with van der Waals surface area (Å²) < 4.78 is 49.5. The first-order valence-corrected chi connectivity index (χ1v) is 10.9. The van der Waals surface area contributed by atoms with Gasteiger partial charge >= 0.3 is 6.18 Å². The second kappa shape index (κ2) is 8.67. The molecule has 2 amide bonds. The van der Waals surface area contributed by atoms with Crippen LogP contribution in [-0.4, -0.2) is 56.9 Å². The maximum atomic E-state index is 13.4. The van der Waals surface area contributed by atoms with Crippen LogP contribution in [0.1, 0.15) is 12.6 Å². The fourth-order valence-corrected chi connectivity index (χ4v) is 4.01. The molecular weight excluding hydrogens is 497 g/mol. The predicted octanol–water partition coefficient (Wildman–Crippen LogP) is 2.49. The van der Waals surface area contributed by atoms with Gasteiger partial charge in [0.15, 0.2) is 23.1 Å². The van der Waals surface area contributed by atoms with Crippen LogP contribution < -0.4 is 16.0 Å². The van der Waals surface area contributed by atoms with E-state index in [9.17, 15) is 27.9 Å². The average molecular weight is 516 g/mol. The molecule has 37 heavy (non-hydrogen) atoms. The Bertz CT molecular complexity index is 1540. The fraction of sp³-hybridized carbons (Fsp3) is 0.261. The largest absolute Gasteiger partial charge is 0.433 e. The third-order valence-electron chi connectivity index (χ3n) is 6.05. The number of aliphatic hydroxyl groups excluding tert-OH is 1. The van der Waals surface area contributed by atoms with Gasteiger partial charge in [0.1, 0.15) is 11.5 Å². The minimum Gasteiger partial charge on any atom is -0.380 e. The predicted molar refractivity (Wildman–Crippen MR) is 124 cm³/mol. The molecule has 4 heterocycles. The normalized spacial score (nSPS) is 19.4. The highest BCUT2D eigenvalue weighted by Gasteiger charge is 2.50. The van der Waals surface area contributed by atoms with Crippen LogP contribution in [0.15, 0.2) is 47.1 Å². The van der Waals surface area contributed by atoms with Crippen molar-refractivity contribution in [1.29, 1.82) is 0 Å². The molecule has 2 atom stereocenters. The maximum Gasteiger partial charge on any atom is 0.433 e. The molecule has 1 saturated heterocycles. The molecule has 1 aliphatic rings. The number of halogens is 3. The number of rotatable bonds is 4. The summed E-state index contributed by atoms with van der Waals surface area (Å²) in [5.41, 5.74) is 3.34. The van der Waals surface area contributed by atoms with Gasteiger partial charge in [0, 0.05) is 17.1 Å². The van der Waals surface area contributed by atoms with E-state index in [0.717, 1.165) is 12.3 Å².